The van der Waals surface area contributed by atoms with Crippen molar-refractivity contribution in [3.63, 3.8) is 0 Å². The highest BCUT2D eigenvalue weighted by Gasteiger charge is 2.22. The molecule has 0 amide bonds. The molecule has 1 aliphatic rings. The maximum absolute atomic E-state index is 5.72. The number of nitrogens with zero attached hydrogens (tertiary/aromatic N) is 2. The van der Waals surface area contributed by atoms with E-state index in [1.165, 1.54) is 12.8 Å². The van der Waals surface area contributed by atoms with Crippen LogP contribution in [0.3, 0.4) is 0 Å². The molecule has 0 atom stereocenters. The molecule has 0 saturated heterocycles. The summed E-state index contributed by atoms with van der Waals surface area (Å²) in [5.41, 5.74) is 0. The van der Waals surface area contributed by atoms with Crippen molar-refractivity contribution >= 4 is 5.82 Å². The standard InChI is InChI=1S/C13H21N3O/c1-4-14-11-7-12(17-8-10-5-6-10)16-13(15-11)9(2)3/h7,9-10H,4-6,8H2,1-3H3,(H,14,15,16). The summed E-state index contributed by atoms with van der Waals surface area (Å²) >= 11 is 0. The third-order valence-corrected chi connectivity index (χ3v) is 2.76. The number of aromatic nitrogens is 2. The minimum Gasteiger partial charge on any atom is -0.477 e. The summed E-state index contributed by atoms with van der Waals surface area (Å²) in [4.78, 5) is 8.90. The second kappa shape index (κ2) is 5.34. The van der Waals surface area contributed by atoms with Crippen LogP contribution in [0.25, 0.3) is 0 Å². The highest BCUT2D eigenvalue weighted by molar-refractivity contribution is 5.38. The number of hydrogen-bond donors (Lipinski definition) is 1. The van der Waals surface area contributed by atoms with Crippen LogP contribution in [0.15, 0.2) is 6.07 Å². The molecule has 0 aliphatic heterocycles. The van der Waals surface area contributed by atoms with Gasteiger partial charge in [0.15, 0.2) is 0 Å². The molecule has 1 saturated carbocycles. The van der Waals surface area contributed by atoms with E-state index in [0.29, 0.717) is 11.8 Å². The van der Waals surface area contributed by atoms with Crippen molar-refractivity contribution in [2.24, 2.45) is 5.92 Å². The lowest BCUT2D eigenvalue weighted by Gasteiger charge is -2.11. The van der Waals surface area contributed by atoms with Crippen molar-refractivity contribution in [1.82, 2.24) is 9.97 Å². The number of hydrogen-bond acceptors (Lipinski definition) is 4. The van der Waals surface area contributed by atoms with Gasteiger partial charge in [0, 0.05) is 18.5 Å². The Morgan fingerprint density at radius 3 is 2.76 bits per heavy atom. The van der Waals surface area contributed by atoms with Gasteiger partial charge in [0.1, 0.15) is 11.6 Å². The Bertz CT molecular complexity index is 375. The van der Waals surface area contributed by atoms with Gasteiger partial charge in [-0.25, -0.2) is 4.98 Å². The molecule has 4 heteroatoms. The van der Waals surface area contributed by atoms with Gasteiger partial charge in [0.2, 0.25) is 5.88 Å². The van der Waals surface area contributed by atoms with Crippen molar-refractivity contribution in [3.8, 4) is 5.88 Å². The van der Waals surface area contributed by atoms with Crippen LogP contribution in [0.1, 0.15) is 45.4 Å². The second-order valence-electron chi connectivity index (χ2n) is 4.89. The van der Waals surface area contributed by atoms with Crippen LogP contribution in [0, 0.1) is 5.92 Å². The molecule has 94 valence electrons. The zero-order valence-corrected chi connectivity index (χ0v) is 10.9. The fourth-order valence-electron chi connectivity index (χ4n) is 1.53. The van der Waals surface area contributed by atoms with Gasteiger partial charge in [-0.1, -0.05) is 13.8 Å². The molecule has 0 radical (unpaired) electrons. The fourth-order valence-corrected chi connectivity index (χ4v) is 1.53. The average molecular weight is 235 g/mol. The normalized spacial score (nSPS) is 15.1. The van der Waals surface area contributed by atoms with Gasteiger partial charge in [-0.05, 0) is 25.7 Å². The Kier molecular flexibility index (Phi) is 3.82. The number of anilines is 1. The minimum atomic E-state index is 0.317. The molecular weight excluding hydrogens is 214 g/mol. The SMILES string of the molecule is CCNc1cc(OCC2CC2)nc(C(C)C)n1. The molecule has 1 aromatic rings. The van der Waals surface area contributed by atoms with Crippen molar-refractivity contribution in [3.05, 3.63) is 11.9 Å². The molecule has 2 rings (SSSR count). The van der Waals surface area contributed by atoms with E-state index in [4.69, 9.17) is 4.74 Å². The molecule has 0 aromatic carbocycles. The summed E-state index contributed by atoms with van der Waals surface area (Å²) in [7, 11) is 0. The highest BCUT2D eigenvalue weighted by atomic mass is 16.5. The zero-order valence-electron chi connectivity index (χ0n) is 10.9. The van der Waals surface area contributed by atoms with Gasteiger partial charge in [-0.2, -0.15) is 4.98 Å². The Morgan fingerprint density at radius 2 is 2.18 bits per heavy atom. The molecule has 1 fully saturated rings. The van der Waals surface area contributed by atoms with Crippen molar-refractivity contribution in [2.75, 3.05) is 18.5 Å². The Hall–Kier alpha value is -1.32. The maximum atomic E-state index is 5.72. The summed E-state index contributed by atoms with van der Waals surface area (Å²) in [6, 6.07) is 1.89. The first-order valence-corrected chi connectivity index (χ1v) is 6.44. The summed E-state index contributed by atoms with van der Waals surface area (Å²) < 4.78 is 5.72. The van der Waals surface area contributed by atoms with Crippen LogP contribution in [-0.2, 0) is 0 Å². The summed E-state index contributed by atoms with van der Waals surface area (Å²) in [5.74, 6) is 3.46. The smallest absolute Gasteiger partial charge is 0.218 e. The van der Waals surface area contributed by atoms with Crippen LogP contribution in [0.4, 0.5) is 5.82 Å². The summed E-state index contributed by atoms with van der Waals surface area (Å²) in [6.07, 6.45) is 2.59. The molecule has 1 N–H and O–H groups in total. The summed E-state index contributed by atoms with van der Waals surface area (Å²) in [6.45, 7) is 7.89. The Balaban J connectivity index is 2.10. The van der Waals surface area contributed by atoms with Crippen LogP contribution in [0.2, 0.25) is 0 Å². The first-order chi connectivity index (χ1) is 8.19. The van der Waals surface area contributed by atoms with Crippen molar-refractivity contribution in [2.45, 2.75) is 39.5 Å². The van der Waals surface area contributed by atoms with E-state index in [1.807, 2.05) is 6.07 Å². The highest BCUT2D eigenvalue weighted by Crippen LogP contribution is 2.29. The van der Waals surface area contributed by atoms with Gasteiger partial charge in [-0.3, -0.25) is 0 Å². The molecule has 0 spiro atoms. The van der Waals surface area contributed by atoms with E-state index >= 15 is 0 Å². The molecular formula is C13H21N3O. The van der Waals surface area contributed by atoms with E-state index in [9.17, 15) is 0 Å². The van der Waals surface area contributed by atoms with E-state index in [2.05, 4.69) is 36.1 Å². The van der Waals surface area contributed by atoms with E-state index < -0.39 is 0 Å². The molecule has 0 bridgehead atoms. The lowest BCUT2D eigenvalue weighted by atomic mass is 10.2. The van der Waals surface area contributed by atoms with Crippen LogP contribution in [-0.4, -0.2) is 23.1 Å². The number of nitrogens with one attached hydrogen (secondary N) is 1. The second-order valence-corrected chi connectivity index (χ2v) is 4.89. The number of rotatable bonds is 6. The maximum Gasteiger partial charge on any atom is 0.218 e. The average Bonchev–Trinajstić information content (AvgIpc) is 3.10. The quantitative estimate of drug-likeness (QED) is 0.823. The van der Waals surface area contributed by atoms with Crippen LogP contribution in [0.5, 0.6) is 5.88 Å². The fraction of sp³-hybridized carbons (Fsp3) is 0.692. The van der Waals surface area contributed by atoms with Crippen molar-refractivity contribution < 1.29 is 4.74 Å². The monoisotopic (exact) mass is 235 g/mol. The van der Waals surface area contributed by atoms with Gasteiger partial charge >= 0.3 is 0 Å². The van der Waals surface area contributed by atoms with Gasteiger partial charge in [0.25, 0.3) is 0 Å². The zero-order chi connectivity index (χ0) is 12.3. The third kappa shape index (κ3) is 3.58. The van der Waals surface area contributed by atoms with Gasteiger partial charge in [-0.15, -0.1) is 0 Å². The summed E-state index contributed by atoms with van der Waals surface area (Å²) in [5, 5.41) is 3.22. The first-order valence-electron chi connectivity index (χ1n) is 6.44. The number of ether oxygens (including phenoxy) is 1. The molecule has 0 unspecified atom stereocenters. The largest absolute Gasteiger partial charge is 0.477 e. The third-order valence-electron chi connectivity index (χ3n) is 2.76. The Labute approximate surface area is 103 Å². The van der Waals surface area contributed by atoms with Gasteiger partial charge in [0.05, 0.1) is 6.61 Å². The van der Waals surface area contributed by atoms with Crippen molar-refractivity contribution in [1.29, 1.82) is 0 Å². The molecule has 1 aromatic heterocycles. The molecule has 1 aliphatic carbocycles. The van der Waals surface area contributed by atoms with E-state index in [1.54, 1.807) is 0 Å². The van der Waals surface area contributed by atoms with E-state index in [-0.39, 0.29) is 0 Å². The molecule has 17 heavy (non-hydrogen) atoms. The lowest BCUT2D eigenvalue weighted by molar-refractivity contribution is 0.287. The van der Waals surface area contributed by atoms with Gasteiger partial charge < -0.3 is 10.1 Å². The molecule has 4 nitrogen and oxygen atoms in total. The lowest BCUT2D eigenvalue weighted by Crippen LogP contribution is -2.08. The predicted molar refractivity (Wildman–Crippen MR) is 68.5 cm³/mol. The Morgan fingerprint density at radius 1 is 1.41 bits per heavy atom. The molecule has 1 heterocycles. The first kappa shape index (κ1) is 12.1. The predicted octanol–water partition coefficient (Wildman–Crippen LogP) is 2.82. The van der Waals surface area contributed by atoms with E-state index in [0.717, 1.165) is 30.7 Å². The minimum absolute atomic E-state index is 0.317. The topological polar surface area (TPSA) is 47.0 Å². The van der Waals surface area contributed by atoms with Crippen LogP contribution >= 0.6 is 0 Å². The van der Waals surface area contributed by atoms with Crippen LogP contribution < -0.4 is 10.1 Å².